The van der Waals surface area contributed by atoms with Gasteiger partial charge in [-0.05, 0) is 12.8 Å². The number of aliphatic carboxylic acids is 1. The maximum absolute atomic E-state index is 12.7. The first-order valence-corrected chi connectivity index (χ1v) is 8.63. The van der Waals surface area contributed by atoms with Gasteiger partial charge < -0.3 is 9.84 Å². The van der Waals surface area contributed by atoms with Crippen LogP contribution in [0.2, 0.25) is 0 Å². The van der Waals surface area contributed by atoms with E-state index in [9.17, 15) is 18.3 Å². The summed E-state index contributed by atoms with van der Waals surface area (Å²) in [5.74, 6) is -1.11. The lowest BCUT2D eigenvalue weighted by Crippen LogP contribution is -2.66. The Bertz CT molecular complexity index is 495. The third-order valence-corrected chi connectivity index (χ3v) is 7.08. The highest BCUT2D eigenvalue weighted by atomic mass is 32.2. The number of carbonyl (C=O) groups is 1. The molecule has 0 amide bonds. The number of rotatable bonds is 6. The van der Waals surface area contributed by atoms with Crippen LogP contribution in [0.25, 0.3) is 0 Å². The molecule has 0 atom stereocenters. The van der Waals surface area contributed by atoms with Gasteiger partial charge in [-0.1, -0.05) is 12.8 Å². The largest absolute Gasteiger partial charge is 0.480 e. The first kappa shape index (κ1) is 16.7. The summed E-state index contributed by atoms with van der Waals surface area (Å²) >= 11 is 0. The first-order valence-electron chi connectivity index (χ1n) is 7.24. The molecule has 0 radical (unpaired) electrons. The fourth-order valence-corrected chi connectivity index (χ4v) is 4.94. The molecule has 0 bridgehead atoms. The van der Waals surface area contributed by atoms with Crippen LogP contribution in [-0.4, -0.2) is 67.0 Å². The summed E-state index contributed by atoms with van der Waals surface area (Å²) < 4.78 is 32.9. The molecule has 0 aromatic heterocycles. The molecule has 0 unspecified atom stereocenters. The molecule has 2 rings (SSSR count). The zero-order valence-corrected chi connectivity index (χ0v) is 13.6. The molecular formula is C13H24N2O5S. The van der Waals surface area contributed by atoms with E-state index >= 15 is 0 Å². The topological polar surface area (TPSA) is 87.1 Å². The Balaban J connectivity index is 2.20. The van der Waals surface area contributed by atoms with Crippen LogP contribution in [0.4, 0.5) is 0 Å². The molecule has 21 heavy (non-hydrogen) atoms. The second kappa shape index (κ2) is 5.83. The van der Waals surface area contributed by atoms with Crippen molar-refractivity contribution in [3.05, 3.63) is 0 Å². The molecule has 0 aliphatic heterocycles. The number of hydrogen-bond acceptors (Lipinski definition) is 4. The van der Waals surface area contributed by atoms with E-state index in [4.69, 9.17) is 4.74 Å². The molecule has 7 nitrogen and oxygen atoms in total. The van der Waals surface area contributed by atoms with Crippen molar-refractivity contribution in [2.24, 2.45) is 0 Å². The molecule has 8 heteroatoms. The smallest absolute Gasteiger partial charge is 0.325 e. The fourth-order valence-electron chi connectivity index (χ4n) is 3.30. The van der Waals surface area contributed by atoms with E-state index in [1.807, 2.05) is 0 Å². The number of likely N-dealkylation sites (N-methyl/N-ethyl adjacent to an activating group) is 1. The average molecular weight is 320 g/mol. The lowest BCUT2D eigenvalue weighted by molar-refractivity contribution is -0.162. The number of methoxy groups -OCH3 is 1. The summed E-state index contributed by atoms with van der Waals surface area (Å²) in [5, 5.41) is 9.50. The minimum Gasteiger partial charge on any atom is -0.480 e. The van der Waals surface area contributed by atoms with Gasteiger partial charge in [-0.3, -0.25) is 4.79 Å². The number of ether oxygens (including phenoxy) is 1. The van der Waals surface area contributed by atoms with E-state index in [0.29, 0.717) is 0 Å². The van der Waals surface area contributed by atoms with Crippen molar-refractivity contribution in [1.82, 2.24) is 8.61 Å². The quantitative estimate of drug-likeness (QED) is 0.777. The number of carboxylic acids is 1. The molecule has 2 aliphatic rings. The first-order chi connectivity index (χ1) is 9.75. The Hall–Kier alpha value is -0.700. The monoisotopic (exact) mass is 320 g/mol. The van der Waals surface area contributed by atoms with E-state index in [1.165, 1.54) is 18.5 Å². The van der Waals surface area contributed by atoms with Gasteiger partial charge in [0.25, 0.3) is 10.2 Å². The highest BCUT2D eigenvalue weighted by Gasteiger charge is 2.58. The number of carboxylic acid groups (broad SMARTS) is 1. The van der Waals surface area contributed by atoms with Gasteiger partial charge in [0.05, 0.1) is 6.10 Å². The minimum atomic E-state index is -3.79. The molecule has 0 saturated heterocycles. The van der Waals surface area contributed by atoms with Crippen molar-refractivity contribution in [1.29, 1.82) is 0 Å². The summed E-state index contributed by atoms with van der Waals surface area (Å²) in [5.41, 5.74) is -1.38. The highest BCUT2D eigenvalue weighted by molar-refractivity contribution is 7.86. The van der Waals surface area contributed by atoms with Gasteiger partial charge in [0.1, 0.15) is 5.54 Å². The minimum absolute atomic E-state index is 0.0263. The van der Waals surface area contributed by atoms with E-state index in [-0.39, 0.29) is 25.0 Å². The summed E-state index contributed by atoms with van der Waals surface area (Å²) in [7, 11) is 0.630. The van der Waals surface area contributed by atoms with Gasteiger partial charge in [-0.15, -0.1) is 0 Å². The van der Waals surface area contributed by atoms with Gasteiger partial charge >= 0.3 is 5.97 Å². The van der Waals surface area contributed by atoms with E-state index in [2.05, 4.69) is 0 Å². The molecule has 2 saturated carbocycles. The molecular weight excluding hydrogens is 296 g/mol. The summed E-state index contributed by atoms with van der Waals surface area (Å²) in [4.78, 5) is 11.6. The standard InChI is InChI=1S/C13H24N2O5S/c1-14(10-6-4-5-7-10)21(18,19)15(2)13(12(16)17)8-11(9-13)20-3/h10-11H,4-9H2,1-3H3,(H,16,17). The Labute approximate surface area is 126 Å². The lowest BCUT2D eigenvalue weighted by atomic mass is 9.74. The average Bonchev–Trinajstić information content (AvgIpc) is 2.90. The van der Waals surface area contributed by atoms with Crippen molar-refractivity contribution < 1.29 is 23.1 Å². The zero-order valence-electron chi connectivity index (χ0n) is 12.8. The van der Waals surface area contributed by atoms with Gasteiger partial charge in [0.2, 0.25) is 0 Å². The van der Waals surface area contributed by atoms with Gasteiger partial charge in [0.15, 0.2) is 0 Å². The van der Waals surface area contributed by atoms with Crippen LogP contribution in [0.1, 0.15) is 38.5 Å². The van der Waals surface area contributed by atoms with E-state index in [0.717, 1.165) is 30.0 Å². The molecule has 2 fully saturated rings. The molecule has 0 aromatic rings. The predicted octanol–water partition coefficient (Wildman–Crippen LogP) is 0.670. The molecule has 0 heterocycles. The van der Waals surface area contributed by atoms with Crippen LogP contribution in [0.3, 0.4) is 0 Å². The van der Waals surface area contributed by atoms with Crippen molar-refractivity contribution in [3.63, 3.8) is 0 Å². The van der Waals surface area contributed by atoms with Crippen LogP contribution in [0.5, 0.6) is 0 Å². The summed E-state index contributed by atoms with van der Waals surface area (Å²) in [6.07, 6.45) is 3.89. The molecule has 1 N–H and O–H groups in total. The zero-order chi connectivity index (χ0) is 15.8. The Morgan fingerprint density at radius 2 is 1.76 bits per heavy atom. The molecule has 122 valence electrons. The SMILES string of the molecule is COC1CC(C(=O)O)(N(C)S(=O)(=O)N(C)C2CCCC2)C1. The van der Waals surface area contributed by atoms with Crippen molar-refractivity contribution in [2.45, 2.75) is 56.2 Å². The maximum atomic E-state index is 12.7. The lowest BCUT2D eigenvalue weighted by Gasteiger charge is -2.49. The van der Waals surface area contributed by atoms with Gasteiger partial charge in [-0.2, -0.15) is 17.0 Å². The van der Waals surface area contributed by atoms with Crippen molar-refractivity contribution in [3.8, 4) is 0 Å². The number of hydrogen-bond donors (Lipinski definition) is 1. The molecule has 0 aromatic carbocycles. The summed E-state index contributed by atoms with van der Waals surface area (Å²) in [6.45, 7) is 0. The second-order valence-electron chi connectivity index (χ2n) is 6.03. The summed E-state index contributed by atoms with van der Waals surface area (Å²) in [6, 6.07) is -0.0263. The van der Waals surface area contributed by atoms with Gasteiger partial charge in [-0.25, -0.2) is 0 Å². The third-order valence-electron chi connectivity index (χ3n) is 5.01. The second-order valence-corrected chi connectivity index (χ2v) is 8.05. The van der Waals surface area contributed by atoms with E-state index < -0.39 is 21.7 Å². The van der Waals surface area contributed by atoms with Crippen molar-refractivity contribution in [2.75, 3.05) is 21.2 Å². The van der Waals surface area contributed by atoms with Crippen LogP contribution in [-0.2, 0) is 19.7 Å². The Kier molecular flexibility index (Phi) is 4.63. The molecule has 2 aliphatic carbocycles. The normalized spacial score (nSPS) is 30.8. The Morgan fingerprint density at radius 3 is 2.19 bits per heavy atom. The fraction of sp³-hybridized carbons (Fsp3) is 0.923. The van der Waals surface area contributed by atoms with Crippen LogP contribution in [0.15, 0.2) is 0 Å². The maximum Gasteiger partial charge on any atom is 0.325 e. The van der Waals surface area contributed by atoms with Crippen LogP contribution in [0, 0.1) is 0 Å². The Morgan fingerprint density at radius 1 is 1.24 bits per heavy atom. The number of nitrogens with zero attached hydrogens (tertiary/aromatic N) is 2. The highest BCUT2D eigenvalue weighted by Crippen LogP contribution is 2.41. The van der Waals surface area contributed by atoms with E-state index in [1.54, 1.807) is 7.05 Å². The van der Waals surface area contributed by atoms with Crippen LogP contribution < -0.4 is 0 Å². The third kappa shape index (κ3) is 2.69. The van der Waals surface area contributed by atoms with Crippen LogP contribution >= 0.6 is 0 Å². The van der Waals surface area contributed by atoms with Crippen molar-refractivity contribution >= 4 is 16.2 Å². The predicted molar refractivity (Wildman–Crippen MR) is 77.1 cm³/mol. The van der Waals surface area contributed by atoms with Gasteiger partial charge in [0, 0.05) is 40.1 Å². The molecule has 0 spiro atoms.